The summed E-state index contributed by atoms with van der Waals surface area (Å²) >= 11 is 0. The van der Waals surface area contributed by atoms with Crippen LogP contribution in [0.25, 0.3) is 5.69 Å². The molecule has 0 bridgehead atoms. The zero-order valence-electron chi connectivity index (χ0n) is 13.8. The topological polar surface area (TPSA) is 122 Å². The summed E-state index contributed by atoms with van der Waals surface area (Å²) in [5, 5.41) is 17.7. The summed E-state index contributed by atoms with van der Waals surface area (Å²) in [7, 11) is 0. The van der Waals surface area contributed by atoms with Crippen molar-refractivity contribution in [2.24, 2.45) is 11.0 Å². The van der Waals surface area contributed by atoms with Gasteiger partial charge in [-0.1, -0.05) is 0 Å². The SMILES string of the molecule is CC(=NNC(=O)C1CC1)c1c(C)[nH]n(-c2ccc([N+](=O)[O-])cc2)c1=O. The standard InChI is InChI=1S/C16H17N5O4/c1-9(17-18-15(22)11-3-4-11)14-10(2)19-20(16(14)23)12-5-7-13(8-6-12)21(24)25/h5-8,11,19H,3-4H2,1-2H3,(H,18,22). The molecule has 1 fully saturated rings. The molecule has 1 aromatic carbocycles. The van der Waals surface area contributed by atoms with Gasteiger partial charge in [0.2, 0.25) is 5.91 Å². The van der Waals surface area contributed by atoms with Crippen molar-refractivity contribution in [2.45, 2.75) is 26.7 Å². The average molecular weight is 343 g/mol. The van der Waals surface area contributed by atoms with Crippen LogP contribution in [0.5, 0.6) is 0 Å². The van der Waals surface area contributed by atoms with Crippen molar-refractivity contribution >= 4 is 17.3 Å². The molecule has 2 N–H and O–H groups in total. The summed E-state index contributed by atoms with van der Waals surface area (Å²) in [4.78, 5) is 34.5. The van der Waals surface area contributed by atoms with Crippen LogP contribution < -0.4 is 11.0 Å². The van der Waals surface area contributed by atoms with Crippen molar-refractivity contribution < 1.29 is 9.72 Å². The van der Waals surface area contributed by atoms with Gasteiger partial charge in [-0.2, -0.15) is 5.10 Å². The molecule has 0 saturated heterocycles. The highest BCUT2D eigenvalue weighted by atomic mass is 16.6. The summed E-state index contributed by atoms with van der Waals surface area (Å²) in [6, 6.07) is 5.63. The largest absolute Gasteiger partial charge is 0.295 e. The first-order valence-corrected chi connectivity index (χ1v) is 7.79. The van der Waals surface area contributed by atoms with E-state index in [1.165, 1.54) is 28.9 Å². The Hall–Kier alpha value is -3.23. The molecule has 1 heterocycles. The fraction of sp³-hybridized carbons (Fsp3) is 0.312. The molecule has 0 unspecified atom stereocenters. The lowest BCUT2D eigenvalue weighted by Crippen LogP contribution is -2.24. The molecule has 0 radical (unpaired) electrons. The molecule has 9 heteroatoms. The molecule has 1 aliphatic carbocycles. The van der Waals surface area contributed by atoms with E-state index in [1.54, 1.807) is 13.8 Å². The summed E-state index contributed by atoms with van der Waals surface area (Å²) < 4.78 is 1.29. The van der Waals surface area contributed by atoms with Gasteiger partial charge in [-0.05, 0) is 38.8 Å². The van der Waals surface area contributed by atoms with Crippen LogP contribution in [0.15, 0.2) is 34.2 Å². The second kappa shape index (κ2) is 6.34. The number of non-ortho nitro benzene ring substituents is 1. The highest BCUT2D eigenvalue weighted by molar-refractivity contribution is 6.00. The average Bonchev–Trinajstić information content (AvgIpc) is 3.38. The number of nitrogens with one attached hydrogen (secondary N) is 2. The molecule has 130 valence electrons. The van der Waals surface area contributed by atoms with Crippen LogP contribution in [-0.4, -0.2) is 26.3 Å². The number of hydrogen-bond donors (Lipinski definition) is 2. The summed E-state index contributed by atoms with van der Waals surface area (Å²) in [5.41, 5.74) is 3.90. The maximum atomic E-state index is 12.6. The number of carbonyl (C=O) groups is 1. The Morgan fingerprint density at radius 2 is 2.00 bits per heavy atom. The van der Waals surface area contributed by atoms with E-state index in [4.69, 9.17) is 0 Å². The third-order valence-corrected chi connectivity index (χ3v) is 4.03. The number of carbonyl (C=O) groups excluding carboxylic acids is 1. The van der Waals surface area contributed by atoms with Crippen LogP contribution in [0.3, 0.4) is 0 Å². The van der Waals surface area contributed by atoms with Crippen LogP contribution in [0.1, 0.15) is 31.0 Å². The normalized spacial score (nSPS) is 14.4. The fourth-order valence-corrected chi connectivity index (χ4v) is 2.51. The Labute approximate surface area is 142 Å². The van der Waals surface area contributed by atoms with Gasteiger partial charge in [-0.3, -0.25) is 24.8 Å². The lowest BCUT2D eigenvalue weighted by molar-refractivity contribution is -0.384. The number of nitrogens with zero attached hydrogens (tertiary/aromatic N) is 3. The molecular weight excluding hydrogens is 326 g/mol. The fourth-order valence-electron chi connectivity index (χ4n) is 2.51. The number of aryl methyl sites for hydroxylation is 1. The maximum Gasteiger partial charge on any atom is 0.280 e. The van der Waals surface area contributed by atoms with Gasteiger partial charge in [-0.25, -0.2) is 10.1 Å². The molecule has 0 aliphatic heterocycles. The molecule has 9 nitrogen and oxygen atoms in total. The van der Waals surface area contributed by atoms with Gasteiger partial charge in [0, 0.05) is 23.7 Å². The van der Waals surface area contributed by atoms with E-state index in [9.17, 15) is 19.7 Å². The minimum atomic E-state index is -0.503. The van der Waals surface area contributed by atoms with E-state index in [1.807, 2.05) is 0 Å². The second-order valence-corrected chi connectivity index (χ2v) is 5.97. The number of aromatic amines is 1. The summed E-state index contributed by atoms with van der Waals surface area (Å²) in [5.74, 6) is -0.108. The number of aromatic nitrogens is 2. The van der Waals surface area contributed by atoms with Crippen molar-refractivity contribution in [3.63, 3.8) is 0 Å². The molecule has 1 aromatic heterocycles. The van der Waals surface area contributed by atoms with Crippen molar-refractivity contribution in [2.75, 3.05) is 0 Å². The van der Waals surface area contributed by atoms with Gasteiger partial charge in [0.15, 0.2) is 0 Å². The highest BCUT2D eigenvalue weighted by Crippen LogP contribution is 2.28. The molecule has 1 amide bonds. The third-order valence-electron chi connectivity index (χ3n) is 4.03. The molecule has 0 atom stereocenters. The Morgan fingerprint density at radius 3 is 2.56 bits per heavy atom. The first-order chi connectivity index (χ1) is 11.9. The van der Waals surface area contributed by atoms with Gasteiger partial charge >= 0.3 is 0 Å². The van der Waals surface area contributed by atoms with Crippen molar-refractivity contribution in [1.82, 2.24) is 15.2 Å². The summed E-state index contributed by atoms with van der Waals surface area (Å²) in [6.45, 7) is 3.37. The van der Waals surface area contributed by atoms with Crippen molar-refractivity contribution in [3.8, 4) is 5.69 Å². The molecule has 0 spiro atoms. The molecule has 2 aromatic rings. The van der Waals surface area contributed by atoms with Crippen LogP contribution in [-0.2, 0) is 4.79 Å². The first kappa shape index (κ1) is 16.6. The molecule has 1 aliphatic rings. The van der Waals surface area contributed by atoms with Crippen LogP contribution in [0.2, 0.25) is 0 Å². The van der Waals surface area contributed by atoms with Gasteiger partial charge in [0.05, 0.1) is 21.9 Å². The number of nitro benzene ring substituents is 1. The smallest absolute Gasteiger partial charge is 0.280 e. The minimum absolute atomic E-state index is 0.0284. The Kier molecular flexibility index (Phi) is 4.22. The zero-order chi connectivity index (χ0) is 18.1. The second-order valence-electron chi connectivity index (χ2n) is 5.97. The van der Waals surface area contributed by atoms with Gasteiger partial charge in [-0.15, -0.1) is 0 Å². The van der Waals surface area contributed by atoms with E-state index in [2.05, 4.69) is 15.6 Å². The Bertz CT molecular complexity index is 919. The minimum Gasteiger partial charge on any atom is -0.295 e. The third kappa shape index (κ3) is 3.35. The number of benzene rings is 1. The number of H-pyrrole nitrogens is 1. The molecule has 3 rings (SSSR count). The molecule has 1 saturated carbocycles. The predicted octanol–water partition coefficient (Wildman–Crippen LogP) is 1.63. The lowest BCUT2D eigenvalue weighted by Gasteiger charge is -2.01. The van der Waals surface area contributed by atoms with Crippen LogP contribution in [0, 0.1) is 23.0 Å². The quantitative estimate of drug-likeness (QED) is 0.486. The number of hydrogen-bond acceptors (Lipinski definition) is 5. The predicted molar refractivity (Wildman–Crippen MR) is 90.9 cm³/mol. The van der Waals surface area contributed by atoms with Gasteiger partial charge in [0.1, 0.15) is 0 Å². The molecular formula is C16H17N5O4. The number of amides is 1. The highest BCUT2D eigenvalue weighted by Gasteiger charge is 2.29. The van der Waals surface area contributed by atoms with E-state index < -0.39 is 4.92 Å². The molecule has 25 heavy (non-hydrogen) atoms. The number of nitro groups is 1. The maximum absolute atomic E-state index is 12.6. The van der Waals surface area contributed by atoms with Crippen LogP contribution >= 0.6 is 0 Å². The summed E-state index contributed by atoms with van der Waals surface area (Å²) in [6.07, 6.45) is 1.74. The lowest BCUT2D eigenvalue weighted by atomic mass is 10.2. The van der Waals surface area contributed by atoms with Gasteiger partial charge in [0.25, 0.3) is 11.2 Å². The Balaban J connectivity index is 1.89. The Morgan fingerprint density at radius 1 is 1.36 bits per heavy atom. The number of hydrazone groups is 1. The van der Waals surface area contributed by atoms with E-state index in [0.717, 1.165) is 12.8 Å². The van der Waals surface area contributed by atoms with Gasteiger partial charge < -0.3 is 0 Å². The monoisotopic (exact) mass is 343 g/mol. The first-order valence-electron chi connectivity index (χ1n) is 7.79. The van der Waals surface area contributed by atoms with E-state index in [0.29, 0.717) is 22.7 Å². The van der Waals surface area contributed by atoms with Crippen molar-refractivity contribution in [3.05, 3.63) is 56.0 Å². The number of rotatable bonds is 5. The van der Waals surface area contributed by atoms with Crippen molar-refractivity contribution in [1.29, 1.82) is 0 Å². The van der Waals surface area contributed by atoms with E-state index in [-0.39, 0.29) is 23.1 Å². The van der Waals surface area contributed by atoms with Crippen LogP contribution in [0.4, 0.5) is 5.69 Å². The van der Waals surface area contributed by atoms with E-state index >= 15 is 0 Å². The zero-order valence-corrected chi connectivity index (χ0v) is 13.8.